The average molecular weight is 300 g/mol. The molecule has 0 radical (unpaired) electrons. The van der Waals surface area contributed by atoms with Gasteiger partial charge in [0, 0.05) is 6.08 Å². The van der Waals surface area contributed by atoms with Gasteiger partial charge in [-0.1, -0.05) is 18.2 Å². The molecular formula is C17H13FO4. The zero-order chi connectivity index (χ0) is 15.9. The SMILES string of the molecule is COC(=O)c1cccc(OC(=O)/C=C/c2ccc(F)cc2)c1. The molecule has 0 atom stereocenters. The first kappa shape index (κ1) is 15.4. The lowest BCUT2D eigenvalue weighted by atomic mass is 10.2. The van der Waals surface area contributed by atoms with Gasteiger partial charge in [-0.2, -0.15) is 0 Å². The second-order valence-corrected chi connectivity index (χ2v) is 4.33. The van der Waals surface area contributed by atoms with Crippen LogP contribution in [0.15, 0.2) is 54.6 Å². The Morgan fingerprint density at radius 3 is 2.50 bits per heavy atom. The fraction of sp³-hybridized carbons (Fsp3) is 0.0588. The second kappa shape index (κ2) is 7.17. The molecule has 0 saturated carbocycles. The molecule has 2 rings (SSSR count). The summed E-state index contributed by atoms with van der Waals surface area (Å²) in [7, 11) is 1.27. The molecule has 4 nitrogen and oxygen atoms in total. The highest BCUT2D eigenvalue weighted by atomic mass is 19.1. The number of rotatable bonds is 4. The van der Waals surface area contributed by atoms with Gasteiger partial charge in [0.05, 0.1) is 12.7 Å². The van der Waals surface area contributed by atoms with Gasteiger partial charge in [-0.3, -0.25) is 0 Å². The van der Waals surface area contributed by atoms with E-state index in [-0.39, 0.29) is 17.1 Å². The number of halogens is 1. The minimum Gasteiger partial charge on any atom is -0.465 e. The zero-order valence-electron chi connectivity index (χ0n) is 11.8. The average Bonchev–Trinajstić information content (AvgIpc) is 2.54. The van der Waals surface area contributed by atoms with Gasteiger partial charge < -0.3 is 9.47 Å². The topological polar surface area (TPSA) is 52.6 Å². The molecule has 22 heavy (non-hydrogen) atoms. The van der Waals surface area contributed by atoms with Crippen molar-refractivity contribution in [3.8, 4) is 5.75 Å². The van der Waals surface area contributed by atoms with E-state index in [0.717, 1.165) is 0 Å². The maximum atomic E-state index is 12.8. The minimum absolute atomic E-state index is 0.233. The molecule has 0 fully saturated rings. The highest BCUT2D eigenvalue weighted by molar-refractivity contribution is 5.91. The van der Waals surface area contributed by atoms with Gasteiger partial charge in [0.2, 0.25) is 0 Å². The molecule has 0 amide bonds. The van der Waals surface area contributed by atoms with Crippen LogP contribution >= 0.6 is 0 Å². The van der Waals surface area contributed by atoms with Crippen LogP contribution in [0, 0.1) is 5.82 Å². The van der Waals surface area contributed by atoms with E-state index >= 15 is 0 Å². The normalized spacial score (nSPS) is 10.5. The molecular weight excluding hydrogens is 287 g/mol. The summed E-state index contributed by atoms with van der Waals surface area (Å²) >= 11 is 0. The number of methoxy groups -OCH3 is 1. The number of carbonyl (C=O) groups excluding carboxylic acids is 2. The molecule has 5 heteroatoms. The van der Waals surface area contributed by atoms with E-state index in [4.69, 9.17) is 4.74 Å². The van der Waals surface area contributed by atoms with Crippen LogP contribution in [0.25, 0.3) is 6.08 Å². The summed E-state index contributed by atoms with van der Waals surface area (Å²) in [5.74, 6) is -1.23. The molecule has 0 bridgehead atoms. The van der Waals surface area contributed by atoms with Crippen molar-refractivity contribution < 1.29 is 23.5 Å². The number of esters is 2. The Kier molecular flexibility index (Phi) is 5.03. The summed E-state index contributed by atoms with van der Waals surface area (Å²) in [5.41, 5.74) is 0.956. The molecule has 0 aliphatic carbocycles. The Hall–Kier alpha value is -2.95. The smallest absolute Gasteiger partial charge is 0.337 e. The summed E-state index contributed by atoms with van der Waals surface area (Å²) in [6.45, 7) is 0. The molecule has 2 aromatic carbocycles. The van der Waals surface area contributed by atoms with Gasteiger partial charge in [0.1, 0.15) is 11.6 Å². The Morgan fingerprint density at radius 1 is 1.09 bits per heavy atom. The molecule has 0 aliphatic heterocycles. The quantitative estimate of drug-likeness (QED) is 0.494. The standard InChI is InChI=1S/C17H13FO4/c1-21-17(20)13-3-2-4-15(11-13)22-16(19)10-7-12-5-8-14(18)9-6-12/h2-11H,1H3/b10-7+. The van der Waals surface area contributed by atoms with Gasteiger partial charge in [-0.15, -0.1) is 0 Å². The summed E-state index contributed by atoms with van der Waals surface area (Å²) in [6, 6.07) is 11.8. The van der Waals surface area contributed by atoms with E-state index in [2.05, 4.69) is 4.74 Å². The number of carbonyl (C=O) groups is 2. The molecule has 0 saturated heterocycles. The van der Waals surface area contributed by atoms with Gasteiger partial charge in [0.25, 0.3) is 0 Å². The molecule has 0 aromatic heterocycles. The fourth-order valence-corrected chi connectivity index (χ4v) is 1.69. The third kappa shape index (κ3) is 4.28. The van der Waals surface area contributed by atoms with Crippen LogP contribution in [0.4, 0.5) is 4.39 Å². The summed E-state index contributed by atoms with van der Waals surface area (Å²) in [6.07, 6.45) is 2.73. The second-order valence-electron chi connectivity index (χ2n) is 4.33. The highest BCUT2D eigenvalue weighted by Gasteiger charge is 2.07. The fourth-order valence-electron chi connectivity index (χ4n) is 1.69. The molecule has 0 unspecified atom stereocenters. The van der Waals surface area contributed by atoms with Crippen molar-refractivity contribution in [3.63, 3.8) is 0 Å². The van der Waals surface area contributed by atoms with E-state index in [1.165, 1.54) is 49.6 Å². The largest absolute Gasteiger partial charge is 0.465 e. The van der Waals surface area contributed by atoms with Gasteiger partial charge in [-0.05, 0) is 42.0 Å². The van der Waals surface area contributed by atoms with Crippen molar-refractivity contribution in [1.82, 2.24) is 0 Å². The highest BCUT2D eigenvalue weighted by Crippen LogP contribution is 2.14. The number of benzene rings is 2. The van der Waals surface area contributed by atoms with Crippen LogP contribution in [0.2, 0.25) is 0 Å². The Bertz CT molecular complexity index is 705. The van der Waals surface area contributed by atoms with Crippen LogP contribution in [0.3, 0.4) is 0 Å². The lowest BCUT2D eigenvalue weighted by Crippen LogP contribution is -2.06. The monoisotopic (exact) mass is 300 g/mol. The van der Waals surface area contributed by atoms with Crippen molar-refractivity contribution in [3.05, 3.63) is 71.6 Å². The Labute approximate surface area is 126 Å². The van der Waals surface area contributed by atoms with Crippen molar-refractivity contribution in [2.75, 3.05) is 7.11 Å². The predicted molar refractivity (Wildman–Crippen MR) is 78.9 cm³/mol. The maximum Gasteiger partial charge on any atom is 0.337 e. The lowest BCUT2D eigenvalue weighted by Gasteiger charge is -2.03. The van der Waals surface area contributed by atoms with E-state index in [1.54, 1.807) is 18.2 Å². The van der Waals surface area contributed by atoms with Crippen LogP contribution in [-0.2, 0) is 9.53 Å². The van der Waals surface area contributed by atoms with Crippen LogP contribution < -0.4 is 4.74 Å². The summed E-state index contributed by atoms with van der Waals surface area (Å²) in [4.78, 5) is 23.1. The molecule has 0 heterocycles. The molecule has 0 aliphatic rings. The predicted octanol–water partition coefficient (Wildman–Crippen LogP) is 3.23. The van der Waals surface area contributed by atoms with Crippen molar-refractivity contribution in [1.29, 1.82) is 0 Å². The lowest BCUT2D eigenvalue weighted by molar-refractivity contribution is -0.128. The first-order valence-electron chi connectivity index (χ1n) is 6.42. The third-order valence-electron chi connectivity index (χ3n) is 2.76. The van der Waals surface area contributed by atoms with Crippen molar-refractivity contribution >= 4 is 18.0 Å². The zero-order valence-corrected chi connectivity index (χ0v) is 11.8. The van der Waals surface area contributed by atoms with Crippen LogP contribution in [-0.4, -0.2) is 19.0 Å². The Balaban J connectivity index is 2.02. The van der Waals surface area contributed by atoms with E-state index < -0.39 is 11.9 Å². The van der Waals surface area contributed by atoms with Crippen molar-refractivity contribution in [2.24, 2.45) is 0 Å². The third-order valence-corrected chi connectivity index (χ3v) is 2.76. The van der Waals surface area contributed by atoms with Gasteiger partial charge >= 0.3 is 11.9 Å². The summed E-state index contributed by atoms with van der Waals surface area (Å²) < 4.78 is 22.4. The van der Waals surface area contributed by atoms with Crippen LogP contribution in [0.5, 0.6) is 5.75 Å². The number of hydrogen-bond acceptors (Lipinski definition) is 4. The first-order chi connectivity index (χ1) is 10.6. The minimum atomic E-state index is -0.605. The van der Waals surface area contributed by atoms with Crippen LogP contribution in [0.1, 0.15) is 15.9 Å². The van der Waals surface area contributed by atoms with Gasteiger partial charge in [0.15, 0.2) is 0 Å². The molecule has 0 spiro atoms. The van der Waals surface area contributed by atoms with E-state index in [9.17, 15) is 14.0 Å². The van der Waals surface area contributed by atoms with Crippen molar-refractivity contribution in [2.45, 2.75) is 0 Å². The molecule has 0 N–H and O–H groups in total. The van der Waals surface area contributed by atoms with Gasteiger partial charge in [-0.25, -0.2) is 14.0 Å². The first-order valence-corrected chi connectivity index (χ1v) is 6.42. The van der Waals surface area contributed by atoms with E-state index in [1.807, 2.05) is 0 Å². The summed E-state index contributed by atoms with van der Waals surface area (Å²) in [5, 5.41) is 0. The number of hydrogen-bond donors (Lipinski definition) is 0. The number of ether oxygens (including phenoxy) is 2. The Morgan fingerprint density at radius 2 is 1.82 bits per heavy atom. The maximum absolute atomic E-state index is 12.8. The van der Waals surface area contributed by atoms with E-state index in [0.29, 0.717) is 5.56 Å². The molecule has 2 aromatic rings. The molecule has 112 valence electrons.